The van der Waals surface area contributed by atoms with E-state index in [1.165, 1.54) is 36.4 Å². The van der Waals surface area contributed by atoms with Crippen molar-refractivity contribution in [3.05, 3.63) is 76.6 Å². The van der Waals surface area contributed by atoms with Gasteiger partial charge in [-0.3, -0.25) is 4.79 Å². The van der Waals surface area contributed by atoms with Crippen LogP contribution in [0, 0.1) is 5.82 Å². The lowest BCUT2D eigenvalue weighted by molar-refractivity contribution is -0.137. The highest BCUT2D eigenvalue weighted by atomic mass is 19.4. The van der Waals surface area contributed by atoms with Gasteiger partial charge in [0.15, 0.2) is 5.88 Å². The van der Waals surface area contributed by atoms with E-state index < -0.39 is 29.3 Å². The number of aromatic hydroxyl groups is 1. The standard InChI is InChI=1S/C19H10F4N2O2/c20-12-6-4-9(5-7-12)15-13-14(18(27)24-15)16(25-17(13)26)10-2-1-3-11(8-10)19(21,22)23/h1-8,25-26H. The minimum absolute atomic E-state index is 0.0221. The normalized spacial score (nSPS) is 13.6. The first-order valence-electron chi connectivity index (χ1n) is 7.77. The summed E-state index contributed by atoms with van der Waals surface area (Å²) in [5, 5.41) is 10.3. The van der Waals surface area contributed by atoms with Crippen LogP contribution in [-0.4, -0.2) is 21.7 Å². The molecule has 2 aromatic carbocycles. The zero-order valence-corrected chi connectivity index (χ0v) is 13.4. The molecule has 0 fully saturated rings. The van der Waals surface area contributed by atoms with Crippen LogP contribution < -0.4 is 0 Å². The Balaban J connectivity index is 1.85. The van der Waals surface area contributed by atoms with Crippen molar-refractivity contribution in [2.45, 2.75) is 6.18 Å². The molecule has 27 heavy (non-hydrogen) atoms. The quantitative estimate of drug-likeness (QED) is 0.647. The lowest BCUT2D eigenvalue weighted by Gasteiger charge is -2.08. The van der Waals surface area contributed by atoms with Gasteiger partial charge < -0.3 is 10.1 Å². The number of aromatic amines is 1. The highest BCUT2D eigenvalue weighted by Crippen LogP contribution is 2.39. The summed E-state index contributed by atoms with van der Waals surface area (Å²) in [6.07, 6.45) is -4.55. The lowest BCUT2D eigenvalue weighted by atomic mass is 9.99. The van der Waals surface area contributed by atoms with Crippen molar-refractivity contribution in [3.63, 3.8) is 0 Å². The summed E-state index contributed by atoms with van der Waals surface area (Å²) in [5.41, 5.74) is -0.168. The first kappa shape index (κ1) is 17.0. The fourth-order valence-corrected chi connectivity index (χ4v) is 3.03. The van der Waals surface area contributed by atoms with Gasteiger partial charge in [-0.15, -0.1) is 0 Å². The predicted molar refractivity (Wildman–Crippen MR) is 89.3 cm³/mol. The van der Waals surface area contributed by atoms with Gasteiger partial charge >= 0.3 is 6.18 Å². The molecular weight excluding hydrogens is 364 g/mol. The third-order valence-corrected chi connectivity index (χ3v) is 4.24. The smallest absolute Gasteiger partial charge is 0.416 e. The zero-order chi connectivity index (χ0) is 19.3. The van der Waals surface area contributed by atoms with Gasteiger partial charge in [-0.05, 0) is 42.0 Å². The van der Waals surface area contributed by atoms with Crippen LogP contribution >= 0.6 is 0 Å². The molecule has 2 heterocycles. The van der Waals surface area contributed by atoms with Crippen LogP contribution in [0.5, 0.6) is 5.88 Å². The zero-order valence-electron chi connectivity index (χ0n) is 13.4. The van der Waals surface area contributed by atoms with E-state index in [9.17, 15) is 27.5 Å². The highest BCUT2D eigenvalue weighted by molar-refractivity contribution is 6.30. The number of H-pyrrole nitrogens is 1. The van der Waals surface area contributed by atoms with Gasteiger partial charge in [-0.1, -0.05) is 12.1 Å². The predicted octanol–water partition coefficient (Wildman–Crippen LogP) is 4.54. The van der Waals surface area contributed by atoms with Crippen LogP contribution in [0.15, 0.2) is 53.5 Å². The summed E-state index contributed by atoms with van der Waals surface area (Å²) in [7, 11) is 0. The van der Waals surface area contributed by atoms with Crippen LogP contribution in [0.2, 0.25) is 0 Å². The number of fused-ring (bicyclic) bond motifs is 1. The Morgan fingerprint density at radius 1 is 0.963 bits per heavy atom. The third kappa shape index (κ3) is 2.79. The Kier molecular flexibility index (Phi) is 3.66. The molecule has 0 saturated heterocycles. The Bertz CT molecular complexity index is 1100. The van der Waals surface area contributed by atoms with E-state index in [1.54, 1.807) is 0 Å². The minimum atomic E-state index is -4.55. The third-order valence-electron chi connectivity index (χ3n) is 4.24. The number of hydrogen-bond donors (Lipinski definition) is 2. The summed E-state index contributed by atoms with van der Waals surface area (Å²) in [4.78, 5) is 18.8. The van der Waals surface area contributed by atoms with Crippen molar-refractivity contribution in [2.75, 3.05) is 0 Å². The van der Waals surface area contributed by atoms with Crippen LogP contribution in [0.1, 0.15) is 27.0 Å². The van der Waals surface area contributed by atoms with E-state index in [0.717, 1.165) is 12.1 Å². The van der Waals surface area contributed by atoms with Gasteiger partial charge in [0.25, 0.3) is 5.91 Å². The molecule has 0 bridgehead atoms. The highest BCUT2D eigenvalue weighted by Gasteiger charge is 2.35. The second kappa shape index (κ2) is 5.80. The second-order valence-corrected chi connectivity index (χ2v) is 5.95. The number of halogens is 4. The van der Waals surface area contributed by atoms with Crippen molar-refractivity contribution < 1.29 is 27.5 Å². The molecule has 0 spiro atoms. The molecule has 0 atom stereocenters. The monoisotopic (exact) mass is 374 g/mol. The Hall–Kier alpha value is -3.42. The molecule has 1 amide bonds. The molecule has 4 nitrogen and oxygen atoms in total. The number of alkyl halides is 3. The van der Waals surface area contributed by atoms with Gasteiger partial charge in [0.05, 0.1) is 28.1 Å². The maximum Gasteiger partial charge on any atom is 0.416 e. The molecule has 1 aromatic heterocycles. The molecule has 0 unspecified atom stereocenters. The van der Waals surface area contributed by atoms with Crippen LogP contribution in [-0.2, 0) is 6.18 Å². The minimum Gasteiger partial charge on any atom is -0.494 e. The Morgan fingerprint density at radius 2 is 1.67 bits per heavy atom. The van der Waals surface area contributed by atoms with E-state index in [1.807, 2.05) is 0 Å². The molecule has 0 aliphatic carbocycles. The second-order valence-electron chi connectivity index (χ2n) is 5.95. The number of aromatic nitrogens is 1. The van der Waals surface area contributed by atoms with Crippen LogP contribution in [0.4, 0.5) is 17.6 Å². The number of rotatable bonds is 2. The summed E-state index contributed by atoms with van der Waals surface area (Å²) in [6.45, 7) is 0. The lowest BCUT2D eigenvalue weighted by Crippen LogP contribution is -2.04. The molecule has 8 heteroatoms. The Morgan fingerprint density at radius 3 is 2.33 bits per heavy atom. The van der Waals surface area contributed by atoms with Gasteiger partial charge in [0.1, 0.15) is 5.82 Å². The average molecular weight is 374 g/mol. The van der Waals surface area contributed by atoms with Gasteiger partial charge in [-0.25, -0.2) is 9.38 Å². The van der Waals surface area contributed by atoms with Crippen molar-refractivity contribution in [3.8, 4) is 17.1 Å². The molecule has 0 radical (unpaired) electrons. The molecular formula is C19H10F4N2O2. The number of amides is 1. The topological polar surface area (TPSA) is 65.4 Å². The van der Waals surface area contributed by atoms with E-state index >= 15 is 0 Å². The first-order chi connectivity index (χ1) is 12.8. The molecule has 2 N–H and O–H groups in total. The fourth-order valence-electron chi connectivity index (χ4n) is 3.03. The Labute approximate surface area is 149 Å². The molecule has 1 aliphatic rings. The number of hydrogen-bond acceptors (Lipinski definition) is 2. The number of nitrogens with one attached hydrogen (secondary N) is 1. The first-order valence-corrected chi connectivity index (χ1v) is 7.77. The summed E-state index contributed by atoms with van der Waals surface area (Å²) >= 11 is 0. The van der Waals surface area contributed by atoms with Gasteiger partial charge in [0.2, 0.25) is 0 Å². The summed E-state index contributed by atoms with van der Waals surface area (Å²) in [5.74, 6) is -1.58. The number of aliphatic imine (C=N–C) groups is 1. The van der Waals surface area contributed by atoms with Crippen molar-refractivity contribution in [2.24, 2.45) is 4.99 Å². The van der Waals surface area contributed by atoms with Gasteiger partial charge in [-0.2, -0.15) is 13.2 Å². The molecule has 3 aromatic rings. The number of benzene rings is 2. The van der Waals surface area contributed by atoms with Crippen molar-refractivity contribution in [1.29, 1.82) is 0 Å². The number of carbonyl (C=O) groups is 1. The van der Waals surface area contributed by atoms with Gasteiger partial charge in [0, 0.05) is 5.56 Å². The maximum atomic E-state index is 13.1. The largest absolute Gasteiger partial charge is 0.494 e. The molecule has 1 aliphatic heterocycles. The number of nitrogens with zero attached hydrogens (tertiary/aromatic N) is 1. The average Bonchev–Trinajstić information content (AvgIpc) is 3.14. The molecule has 4 rings (SSSR count). The van der Waals surface area contributed by atoms with E-state index in [-0.39, 0.29) is 28.1 Å². The van der Waals surface area contributed by atoms with E-state index in [2.05, 4.69) is 9.98 Å². The molecule has 0 saturated carbocycles. The van der Waals surface area contributed by atoms with Crippen molar-refractivity contribution >= 4 is 11.6 Å². The summed E-state index contributed by atoms with van der Waals surface area (Å²) in [6, 6.07) is 9.55. The number of carbonyl (C=O) groups excluding carboxylic acids is 1. The molecule has 136 valence electrons. The van der Waals surface area contributed by atoms with E-state index in [0.29, 0.717) is 5.56 Å². The van der Waals surface area contributed by atoms with Crippen LogP contribution in [0.3, 0.4) is 0 Å². The van der Waals surface area contributed by atoms with Crippen LogP contribution in [0.25, 0.3) is 11.3 Å². The maximum absolute atomic E-state index is 13.1. The van der Waals surface area contributed by atoms with Crippen molar-refractivity contribution in [1.82, 2.24) is 4.98 Å². The SMILES string of the molecule is O=C1N=C(c2ccc(F)cc2)c2c(O)[nH]c(-c3cccc(C(F)(F)F)c3)c21. The summed E-state index contributed by atoms with van der Waals surface area (Å²) < 4.78 is 52.1. The fraction of sp³-hybridized carbons (Fsp3) is 0.0526. The van der Waals surface area contributed by atoms with E-state index in [4.69, 9.17) is 0 Å².